The predicted molar refractivity (Wildman–Crippen MR) is 95.9 cm³/mol. The molecule has 116 valence electrons. The zero-order chi connectivity index (χ0) is 16.5. The average molecular weight is 332 g/mol. The number of aromatic nitrogens is 3. The van der Waals surface area contributed by atoms with E-state index in [0.29, 0.717) is 21.6 Å². The first kappa shape index (κ1) is 14.5. The molecule has 0 fully saturated rings. The molecule has 0 aliphatic heterocycles. The van der Waals surface area contributed by atoms with Crippen LogP contribution in [0.1, 0.15) is 9.67 Å². The van der Waals surface area contributed by atoms with Crippen molar-refractivity contribution >= 4 is 34.6 Å². The normalized spacial score (nSPS) is 10.8. The molecule has 3 heterocycles. The minimum Gasteiger partial charge on any atom is -0.368 e. The van der Waals surface area contributed by atoms with Crippen molar-refractivity contribution in [2.24, 2.45) is 0 Å². The monoisotopic (exact) mass is 332 g/mol. The van der Waals surface area contributed by atoms with Crippen molar-refractivity contribution in [1.82, 2.24) is 15.0 Å². The minimum atomic E-state index is 0.218. The number of hydrogen-bond acceptors (Lipinski definition) is 6. The van der Waals surface area contributed by atoms with E-state index >= 15 is 0 Å². The number of thiophene rings is 1. The summed E-state index contributed by atoms with van der Waals surface area (Å²) < 4.78 is 0. The summed E-state index contributed by atoms with van der Waals surface area (Å²) in [6, 6.07) is 17.2. The summed E-state index contributed by atoms with van der Waals surface area (Å²) in [4.78, 5) is 25.9. The highest BCUT2D eigenvalue weighted by molar-refractivity contribution is 7.17. The van der Waals surface area contributed by atoms with Gasteiger partial charge in [-0.2, -0.15) is 0 Å². The Morgan fingerprint density at radius 1 is 0.917 bits per heavy atom. The lowest BCUT2D eigenvalue weighted by atomic mass is 10.1. The van der Waals surface area contributed by atoms with Crippen LogP contribution in [0.2, 0.25) is 0 Å². The number of rotatable bonds is 3. The standard InChI is InChI=1S/C18H12N4OS/c19-18-21-14-8-7-13(15-9-6-12(10-23)24-15)20-17(14)16(22-18)11-4-2-1-3-5-11/h1-10H,(H2,19,21,22). The van der Waals surface area contributed by atoms with E-state index in [4.69, 9.17) is 10.7 Å². The lowest BCUT2D eigenvalue weighted by Gasteiger charge is -2.07. The van der Waals surface area contributed by atoms with Crippen LogP contribution >= 0.6 is 11.3 Å². The SMILES string of the molecule is Nc1nc(-c2ccccc2)c2nc(-c3ccc(C=O)s3)ccc2n1. The molecular weight excluding hydrogens is 320 g/mol. The van der Waals surface area contributed by atoms with E-state index in [0.717, 1.165) is 22.4 Å². The molecule has 1 aromatic carbocycles. The molecule has 4 rings (SSSR count). The molecule has 0 aliphatic carbocycles. The van der Waals surface area contributed by atoms with Crippen molar-refractivity contribution in [3.8, 4) is 21.8 Å². The van der Waals surface area contributed by atoms with Gasteiger partial charge in [-0.25, -0.2) is 15.0 Å². The molecule has 4 aromatic rings. The van der Waals surface area contributed by atoms with Gasteiger partial charge in [0.15, 0.2) is 6.29 Å². The van der Waals surface area contributed by atoms with Crippen LogP contribution in [-0.4, -0.2) is 21.2 Å². The van der Waals surface area contributed by atoms with Gasteiger partial charge >= 0.3 is 0 Å². The topological polar surface area (TPSA) is 81.8 Å². The van der Waals surface area contributed by atoms with E-state index < -0.39 is 0 Å². The number of nitrogens with zero attached hydrogens (tertiary/aromatic N) is 3. The summed E-state index contributed by atoms with van der Waals surface area (Å²) >= 11 is 1.40. The Kier molecular flexibility index (Phi) is 3.51. The van der Waals surface area contributed by atoms with Gasteiger partial charge in [-0.3, -0.25) is 4.79 Å². The summed E-state index contributed by atoms with van der Waals surface area (Å²) in [7, 11) is 0. The fourth-order valence-corrected chi connectivity index (χ4v) is 3.31. The first-order valence-electron chi connectivity index (χ1n) is 7.29. The number of nitrogens with two attached hydrogens (primary N) is 1. The third-order valence-electron chi connectivity index (χ3n) is 3.60. The van der Waals surface area contributed by atoms with Crippen molar-refractivity contribution < 1.29 is 4.79 Å². The molecule has 0 atom stereocenters. The molecular formula is C18H12N4OS. The van der Waals surface area contributed by atoms with Crippen LogP contribution in [0.3, 0.4) is 0 Å². The van der Waals surface area contributed by atoms with Crippen LogP contribution < -0.4 is 5.73 Å². The smallest absolute Gasteiger partial charge is 0.221 e. The molecule has 2 N–H and O–H groups in total. The first-order chi connectivity index (χ1) is 11.7. The summed E-state index contributed by atoms with van der Waals surface area (Å²) in [6.45, 7) is 0. The summed E-state index contributed by atoms with van der Waals surface area (Å²) in [5.41, 5.74) is 9.64. The number of aldehydes is 1. The van der Waals surface area contributed by atoms with Gasteiger partial charge in [-0.05, 0) is 24.3 Å². The minimum absolute atomic E-state index is 0.218. The van der Waals surface area contributed by atoms with Gasteiger partial charge in [0, 0.05) is 5.56 Å². The Bertz CT molecular complexity index is 1040. The third kappa shape index (κ3) is 2.53. The molecule has 0 spiro atoms. The number of hydrogen-bond donors (Lipinski definition) is 1. The van der Waals surface area contributed by atoms with E-state index in [1.165, 1.54) is 11.3 Å². The Labute approximate surface area is 141 Å². The fourth-order valence-electron chi connectivity index (χ4n) is 2.52. The van der Waals surface area contributed by atoms with Gasteiger partial charge in [-0.15, -0.1) is 11.3 Å². The van der Waals surface area contributed by atoms with Crippen molar-refractivity contribution in [2.45, 2.75) is 0 Å². The summed E-state index contributed by atoms with van der Waals surface area (Å²) in [5.74, 6) is 0.218. The maximum Gasteiger partial charge on any atom is 0.221 e. The van der Waals surface area contributed by atoms with E-state index in [1.807, 2.05) is 48.5 Å². The van der Waals surface area contributed by atoms with Gasteiger partial charge in [0.25, 0.3) is 0 Å². The maximum absolute atomic E-state index is 10.9. The number of carbonyl (C=O) groups is 1. The molecule has 5 nitrogen and oxygen atoms in total. The number of anilines is 1. The van der Waals surface area contributed by atoms with Crippen LogP contribution in [-0.2, 0) is 0 Å². The predicted octanol–water partition coefficient (Wildman–Crippen LogP) is 3.82. The number of pyridine rings is 1. The average Bonchev–Trinajstić information content (AvgIpc) is 3.10. The van der Waals surface area contributed by atoms with Gasteiger partial charge in [0.1, 0.15) is 11.2 Å². The van der Waals surface area contributed by atoms with Crippen molar-refractivity contribution in [3.05, 3.63) is 59.5 Å². The van der Waals surface area contributed by atoms with Crippen LogP contribution in [0.25, 0.3) is 32.9 Å². The van der Waals surface area contributed by atoms with Crippen molar-refractivity contribution in [3.63, 3.8) is 0 Å². The maximum atomic E-state index is 10.9. The number of carbonyl (C=O) groups excluding carboxylic acids is 1. The molecule has 0 bridgehead atoms. The fraction of sp³-hybridized carbons (Fsp3) is 0. The molecule has 0 saturated heterocycles. The van der Waals surface area contributed by atoms with Gasteiger partial charge in [0.05, 0.1) is 21.0 Å². The molecule has 0 amide bonds. The van der Waals surface area contributed by atoms with Crippen molar-refractivity contribution in [1.29, 1.82) is 0 Å². The first-order valence-corrected chi connectivity index (χ1v) is 8.11. The quantitative estimate of drug-likeness (QED) is 0.577. The van der Waals surface area contributed by atoms with Crippen LogP contribution in [0, 0.1) is 0 Å². The molecule has 0 aliphatic rings. The zero-order valence-corrected chi connectivity index (χ0v) is 13.3. The van der Waals surface area contributed by atoms with E-state index in [9.17, 15) is 4.79 Å². The molecule has 3 aromatic heterocycles. The lowest BCUT2D eigenvalue weighted by molar-refractivity contribution is 0.112. The number of fused-ring (bicyclic) bond motifs is 1. The van der Waals surface area contributed by atoms with Crippen LogP contribution in [0.5, 0.6) is 0 Å². The Hall–Kier alpha value is -3.12. The van der Waals surface area contributed by atoms with E-state index in [1.54, 1.807) is 6.07 Å². The summed E-state index contributed by atoms with van der Waals surface area (Å²) in [5, 5.41) is 0. The van der Waals surface area contributed by atoms with Gasteiger partial charge in [0.2, 0.25) is 5.95 Å². The molecule has 0 radical (unpaired) electrons. The highest BCUT2D eigenvalue weighted by atomic mass is 32.1. The van der Waals surface area contributed by atoms with Crippen LogP contribution in [0.4, 0.5) is 5.95 Å². The van der Waals surface area contributed by atoms with Crippen LogP contribution in [0.15, 0.2) is 54.6 Å². The van der Waals surface area contributed by atoms with Gasteiger partial charge < -0.3 is 5.73 Å². The highest BCUT2D eigenvalue weighted by Crippen LogP contribution is 2.30. The Morgan fingerprint density at radius 2 is 1.75 bits per heavy atom. The summed E-state index contributed by atoms with van der Waals surface area (Å²) in [6.07, 6.45) is 0.842. The van der Waals surface area contributed by atoms with E-state index in [-0.39, 0.29) is 5.95 Å². The number of benzene rings is 1. The molecule has 0 unspecified atom stereocenters. The second kappa shape index (κ2) is 5.82. The molecule has 0 saturated carbocycles. The molecule has 24 heavy (non-hydrogen) atoms. The second-order valence-corrected chi connectivity index (χ2v) is 6.30. The van der Waals surface area contributed by atoms with Crippen molar-refractivity contribution in [2.75, 3.05) is 5.73 Å². The largest absolute Gasteiger partial charge is 0.368 e. The zero-order valence-electron chi connectivity index (χ0n) is 12.5. The Morgan fingerprint density at radius 3 is 2.50 bits per heavy atom. The third-order valence-corrected chi connectivity index (χ3v) is 4.64. The Balaban J connectivity index is 1.95. The molecule has 6 heteroatoms. The van der Waals surface area contributed by atoms with E-state index in [2.05, 4.69) is 9.97 Å². The highest BCUT2D eigenvalue weighted by Gasteiger charge is 2.12. The van der Waals surface area contributed by atoms with Gasteiger partial charge in [-0.1, -0.05) is 30.3 Å². The second-order valence-electron chi connectivity index (χ2n) is 5.18. The lowest BCUT2D eigenvalue weighted by Crippen LogP contribution is -1.99. The number of nitrogen functional groups attached to an aromatic ring is 1.